The Bertz CT molecular complexity index is 1170. The van der Waals surface area contributed by atoms with Crippen molar-refractivity contribution in [1.29, 1.82) is 5.26 Å². The SMILES string of the molecule is CC1(c2cnn3c2[nH]c2cc(F)cc(C(N)=O)c23)CCN(CC2(C#N)CC2)CC1. The zero-order valence-electron chi connectivity index (χ0n) is 16.3. The Morgan fingerprint density at radius 3 is 2.69 bits per heavy atom. The van der Waals surface area contributed by atoms with Crippen molar-refractivity contribution < 1.29 is 9.18 Å². The monoisotopic (exact) mass is 394 g/mol. The quantitative estimate of drug-likeness (QED) is 0.710. The van der Waals surface area contributed by atoms with Crippen LogP contribution in [-0.2, 0) is 5.41 Å². The first kappa shape index (κ1) is 18.1. The molecular formula is C21H23FN6O. The summed E-state index contributed by atoms with van der Waals surface area (Å²) in [4.78, 5) is 17.5. The number of aromatic nitrogens is 3. The second-order valence-electron chi connectivity index (χ2n) is 8.89. The van der Waals surface area contributed by atoms with Gasteiger partial charge in [0.1, 0.15) is 17.0 Å². The molecule has 1 aliphatic carbocycles. The first-order valence-electron chi connectivity index (χ1n) is 9.97. The van der Waals surface area contributed by atoms with E-state index in [1.54, 1.807) is 4.52 Å². The second kappa shape index (κ2) is 6.04. The number of piperidine rings is 1. The maximum absolute atomic E-state index is 13.9. The maximum atomic E-state index is 13.9. The van der Waals surface area contributed by atoms with Crippen LogP contribution in [0.15, 0.2) is 18.3 Å². The van der Waals surface area contributed by atoms with Crippen molar-refractivity contribution in [1.82, 2.24) is 19.5 Å². The van der Waals surface area contributed by atoms with Crippen molar-refractivity contribution in [3.8, 4) is 6.07 Å². The van der Waals surface area contributed by atoms with Crippen molar-refractivity contribution >= 4 is 22.6 Å². The fourth-order valence-corrected chi connectivity index (χ4v) is 4.68. The van der Waals surface area contributed by atoms with Crippen LogP contribution in [0, 0.1) is 22.6 Å². The second-order valence-corrected chi connectivity index (χ2v) is 8.89. The molecule has 3 aromatic rings. The van der Waals surface area contributed by atoms with E-state index in [2.05, 4.69) is 28.0 Å². The fourth-order valence-electron chi connectivity index (χ4n) is 4.68. The predicted molar refractivity (Wildman–Crippen MR) is 106 cm³/mol. The molecule has 2 aromatic heterocycles. The molecule has 1 aliphatic heterocycles. The number of nitrogens with one attached hydrogen (secondary N) is 1. The lowest BCUT2D eigenvalue weighted by Gasteiger charge is -2.39. The van der Waals surface area contributed by atoms with Crippen LogP contribution < -0.4 is 5.73 Å². The molecule has 0 unspecified atom stereocenters. The Balaban J connectivity index is 1.49. The van der Waals surface area contributed by atoms with Gasteiger partial charge < -0.3 is 15.6 Å². The molecule has 0 atom stereocenters. The molecule has 1 saturated heterocycles. The number of carbonyl (C=O) groups is 1. The summed E-state index contributed by atoms with van der Waals surface area (Å²) in [5.74, 6) is -1.19. The van der Waals surface area contributed by atoms with Gasteiger partial charge in [0.05, 0.1) is 28.8 Å². The molecule has 0 bridgehead atoms. The number of carbonyl (C=O) groups excluding carboxylic acids is 1. The molecule has 7 nitrogen and oxygen atoms in total. The van der Waals surface area contributed by atoms with Gasteiger partial charge in [0.25, 0.3) is 5.91 Å². The van der Waals surface area contributed by atoms with Gasteiger partial charge in [-0.2, -0.15) is 10.4 Å². The van der Waals surface area contributed by atoms with Crippen molar-refractivity contribution in [2.75, 3.05) is 19.6 Å². The van der Waals surface area contributed by atoms with Crippen LogP contribution in [0.4, 0.5) is 4.39 Å². The third-order valence-corrected chi connectivity index (χ3v) is 6.80. The van der Waals surface area contributed by atoms with Gasteiger partial charge in [-0.15, -0.1) is 0 Å². The number of nitrogens with two attached hydrogens (primary N) is 1. The smallest absolute Gasteiger partial charge is 0.251 e. The van der Waals surface area contributed by atoms with E-state index < -0.39 is 11.7 Å². The number of imidazole rings is 1. The van der Waals surface area contributed by atoms with Gasteiger partial charge in [-0.05, 0) is 50.9 Å². The van der Waals surface area contributed by atoms with Gasteiger partial charge >= 0.3 is 0 Å². The van der Waals surface area contributed by atoms with Crippen molar-refractivity contribution in [3.05, 3.63) is 35.3 Å². The van der Waals surface area contributed by atoms with Crippen molar-refractivity contribution in [2.45, 2.75) is 38.0 Å². The van der Waals surface area contributed by atoms with Gasteiger partial charge in [0, 0.05) is 17.5 Å². The van der Waals surface area contributed by atoms with E-state index in [1.807, 2.05) is 6.20 Å². The predicted octanol–water partition coefficient (Wildman–Crippen LogP) is 2.71. The standard InChI is InChI=1S/C21H23FN6O/c1-20(4-6-27(7-5-20)12-21(11-23)2-3-21)15-10-25-28-17-14(18(24)29)8-13(22)9-16(17)26-19(15)28/h8-10,26H,2-7,12H2,1H3,(H2,24,29). The number of nitrogens with zero attached hydrogens (tertiary/aromatic N) is 4. The summed E-state index contributed by atoms with van der Waals surface area (Å²) >= 11 is 0. The number of primary amides is 1. The zero-order chi connectivity index (χ0) is 20.4. The zero-order valence-corrected chi connectivity index (χ0v) is 16.3. The maximum Gasteiger partial charge on any atom is 0.251 e. The van der Waals surface area contributed by atoms with E-state index in [9.17, 15) is 14.4 Å². The summed E-state index contributed by atoms with van der Waals surface area (Å²) in [6, 6.07) is 5.00. The Morgan fingerprint density at radius 1 is 1.34 bits per heavy atom. The highest BCUT2D eigenvalue weighted by Gasteiger charge is 2.45. The molecule has 1 saturated carbocycles. The molecular weight excluding hydrogens is 371 g/mol. The Kier molecular flexibility index (Phi) is 3.77. The number of likely N-dealkylation sites (tertiary alicyclic amines) is 1. The van der Waals surface area contributed by atoms with E-state index in [4.69, 9.17) is 5.73 Å². The van der Waals surface area contributed by atoms with Crippen LogP contribution in [0.3, 0.4) is 0 Å². The highest BCUT2D eigenvalue weighted by atomic mass is 19.1. The van der Waals surface area contributed by atoms with Crippen molar-refractivity contribution in [2.24, 2.45) is 11.1 Å². The number of hydrogen-bond donors (Lipinski definition) is 2. The van der Waals surface area contributed by atoms with Crippen LogP contribution in [0.2, 0.25) is 0 Å². The van der Waals surface area contributed by atoms with E-state index in [0.29, 0.717) is 11.0 Å². The molecule has 0 spiro atoms. The summed E-state index contributed by atoms with van der Waals surface area (Å²) in [5.41, 5.74) is 8.23. The first-order chi connectivity index (χ1) is 13.8. The number of rotatable bonds is 4. The third-order valence-electron chi connectivity index (χ3n) is 6.80. The molecule has 2 aliphatic rings. The minimum atomic E-state index is -0.682. The van der Waals surface area contributed by atoms with Crippen LogP contribution >= 0.6 is 0 Å². The van der Waals surface area contributed by atoms with Gasteiger partial charge in [0.2, 0.25) is 0 Å². The fraction of sp³-hybridized carbons (Fsp3) is 0.476. The number of H-pyrrole nitrogens is 1. The Hall–Kier alpha value is -2.92. The molecule has 3 heterocycles. The summed E-state index contributed by atoms with van der Waals surface area (Å²) in [5, 5.41) is 13.9. The number of aromatic amines is 1. The molecule has 0 radical (unpaired) electrons. The third kappa shape index (κ3) is 2.80. The number of fused-ring (bicyclic) bond motifs is 3. The first-order valence-corrected chi connectivity index (χ1v) is 9.97. The average molecular weight is 394 g/mol. The summed E-state index contributed by atoms with van der Waals surface area (Å²) in [6.45, 7) is 4.94. The number of amides is 1. The summed E-state index contributed by atoms with van der Waals surface area (Å²) in [6.07, 6.45) is 5.75. The number of hydrogen-bond acceptors (Lipinski definition) is 4. The van der Waals surface area contributed by atoms with E-state index in [0.717, 1.165) is 62.6 Å². The van der Waals surface area contributed by atoms with Gasteiger partial charge in [-0.1, -0.05) is 6.92 Å². The Morgan fingerprint density at radius 2 is 2.07 bits per heavy atom. The number of halogens is 1. The van der Waals surface area contributed by atoms with E-state index >= 15 is 0 Å². The molecule has 2 fully saturated rings. The summed E-state index contributed by atoms with van der Waals surface area (Å²) < 4.78 is 15.6. The topological polar surface area (TPSA) is 103 Å². The minimum absolute atomic E-state index is 0.0894. The number of nitriles is 1. The minimum Gasteiger partial charge on any atom is -0.366 e. The lowest BCUT2D eigenvalue weighted by molar-refractivity contribution is 0.100. The lowest BCUT2D eigenvalue weighted by atomic mass is 9.75. The lowest BCUT2D eigenvalue weighted by Crippen LogP contribution is -2.43. The normalized spacial score (nSPS) is 20.7. The van der Waals surface area contributed by atoms with Gasteiger partial charge in [-0.3, -0.25) is 4.79 Å². The van der Waals surface area contributed by atoms with E-state index in [1.165, 1.54) is 6.07 Å². The van der Waals surface area contributed by atoms with Crippen LogP contribution in [-0.4, -0.2) is 45.0 Å². The highest BCUT2D eigenvalue weighted by Crippen LogP contribution is 2.47. The van der Waals surface area contributed by atoms with Crippen LogP contribution in [0.1, 0.15) is 48.5 Å². The number of benzene rings is 1. The highest BCUT2D eigenvalue weighted by molar-refractivity contribution is 6.05. The molecule has 1 amide bonds. The summed E-state index contributed by atoms with van der Waals surface area (Å²) in [7, 11) is 0. The van der Waals surface area contributed by atoms with Crippen molar-refractivity contribution in [3.63, 3.8) is 0 Å². The molecule has 8 heteroatoms. The Labute approximate surface area is 167 Å². The van der Waals surface area contributed by atoms with Gasteiger partial charge in [-0.25, -0.2) is 8.91 Å². The average Bonchev–Trinajstić information content (AvgIpc) is 3.19. The molecule has 29 heavy (non-hydrogen) atoms. The van der Waals surface area contributed by atoms with E-state index in [-0.39, 0.29) is 16.4 Å². The molecule has 3 N–H and O–H groups in total. The molecule has 5 rings (SSSR count). The van der Waals surface area contributed by atoms with Gasteiger partial charge in [0.15, 0.2) is 0 Å². The van der Waals surface area contributed by atoms with Crippen LogP contribution in [0.5, 0.6) is 0 Å². The largest absolute Gasteiger partial charge is 0.366 e. The molecule has 1 aromatic carbocycles. The molecule has 150 valence electrons. The van der Waals surface area contributed by atoms with Crippen LogP contribution in [0.25, 0.3) is 16.7 Å².